The van der Waals surface area contributed by atoms with E-state index in [1.807, 2.05) is 36.1 Å². The summed E-state index contributed by atoms with van der Waals surface area (Å²) < 4.78 is 23.7. The van der Waals surface area contributed by atoms with Gasteiger partial charge in [-0.05, 0) is 42.7 Å². The normalized spacial score (nSPS) is 21.1. The van der Waals surface area contributed by atoms with Gasteiger partial charge >= 0.3 is 0 Å². The van der Waals surface area contributed by atoms with Gasteiger partial charge in [0.1, 0.15) is 0 Å². The SMILES string of the molecule is CCCN1C(=O)C2(CCN(C(=O)c3cccc(S(C)(=O)=O)c3)C2)c2ccccc21. The van der Waals surface area contributed by atoms with E-state index in [0.29, 0.717) is 31.6 Å². The molecule has 2 heterocycles. The fourth-order valence-corrected chi connectivity index (χ4v) is 5.13. The van der Waals surface area contributed by atoms with Crippen LogP contribution < -0.4 is 4.90 Å². The van der Waals surface area contributed by atoms with Crippen molar-refractivity contribution in [3.05, 3.63) is 59.7 Å². The van der Waals surface area contributed by atoms with Gasteiger partial charge in [0.25, 0.3) is 5.91 Å². The quantitative estimate of drug-likeness (QED) is 0.774. The summed E-state index contributed by atoms with van der Waals surface area (Å²) in [5.74, 6) is -0.188. The van der Waals surface area contributed by atoms with Crippen LogP contribution in [0.3, 0.4) is 0 Å². The maximum Gasteiger partial charge on any atom is 0.253 e. The molecule has 0 radical (unpaired) electrons. The number of carbonyl (C=O) groups excluding carboxylic acids is 2. The van der Waals surface area contributed by atoms with E-state index in [9.17, 15) is 18.0 Å². The summed E-state index contributed by atoms with van der Waals surface area (Å²) in [5, 5.41) is 0. The first-order valence-corrected chi connectivity index (χ1v) is 11.7. The number of para-hydroxylation sites is 1. The van der Waals surface area contributed by atoms with E-state index < -0.39 is 15.3 Å². The Balaban J connectivity index is 1.66. The van der Waals surface area contributed by atoms with Crippen LogP contribution in [0, 0.1) is 0 Å². The van der Waals surface area contributed by atoms with Crippen molar-refractivity contribution in [1.82, 2.24) is 4.90 Å². The van der Waals surface area contributed by atoms with E-state index in [2.05, 4.69) is 0 Å². The predicted molar refractivity (Wildman–Crippen MR) is 111 cm³/mol. The highest BCUT2D eigenvalue weighted by Gasteiger charge is 2.54. The second-order valence-electron chi connectivity index (χ2n) is 7.83. The van der Waals surface area contributed by atoms with Crippen molar-refractivity contribution in [2.75, 3.05) is 30.8 Å². The first kappa shape index (κ1) is 19.6. The molecule has 1 atom stereocenters. The monoisotopic (exact) mass is 412 g/mol. The molecule has 1 saturated heterocycles. The third-order valence-electron chi connectivity index (χ3n) is 5.88. The van der Waals surface area contributed by atoms with E-state index in [1.54, 1.807) is 17.0 Å². The molecule has 2 aromatic rings. The Kier molecular flexibility index (Phi) is 4.73. The van der Waals surface area contributed by atoms with Crippen LogP contribution in [0.2, 0.25) is 0 Å². The lowest BCUT2D eigenvalue weighted by molar-refractivity contribution is -0.122. The van der Waals surface area contributed by atoms with Crippen LogP contribution in [0.1, 0.15) is 35.7 Å². The van der Waals surface area contributed by atoms with Crippen molar-refractivity contribution >= 4 is 27.3 Å². The minimum Gasteiger partial charge on any atom is -0.337 e. The van der Waals surface area contributed by atoms with Crippen LogP contribution in [0.15, 0.2) is 53.4 Å². The van der Waals surface area contributed by atoms with E-state index in [4.69, 9.17) is 0 Å². The molecule has 0 N–H and O–H groups in total. The summed E-state index contributed by atoms with van der Waals surface area (Å²) >= 11 is 0. The summed E-state index contributed by atoms with van der Waals surface area (Å²) in [7, 11) is -3.40. The third-order valence-corrected chi connectivity index (χ3v) is 6.99. The molecule has 0 bridgehead atoms. The highest BCUT2D eigenvalue weighted by molar-refractivity contribution is 7.90. The largest absolute Gasteiger partial charge is 0.337 e. The number of fused-ring (bicyclic) bond motifs is 2. The summed E-state index contributed by atoms with van der Waals surface area (Å²) in [4.78, 5) is 30.1. The van der Waals surface area contributed by atoms with Gasteiger partial charge in [0.05, 0.1) is 10.3 Å². The zero-order valence-corrected chi connectivity index (χ0v) is 17.4. The van der Waals surface area contributed by atoms with E-state index >= 15 is 0 Å². The molecular formula is C22H24N2O4S. The van der Waals surface area contributed by atoms with Gasteiger partial charge in [-0.1, -0.05) is 31.2 Å². The van der Waals surface area contributed by atoms with Gasteiger partial charge in [0, 0.05) is 37.1 Å². The second kappa shape index (κ2) is 6.99. The van der Waals surface area contributed by atoms with E-state index in [0.717, 1.165) is 23.9 Å². The number of likely N-dealkylation sites (tertiary alicyclic amines) is 1. The van der Waals surface area contributed by atoms with Crippen LogP contribution in [0.5, 0.6) is 0 Å². The Labute approximate surface area is 171 Å². The second-order valence-corrected chi connectivity index (χ2v) is 9.85. The fraction of sp³-hybridized carbons (Fsp3) is 0.364. The standard InChI is InChI=1S/C22H24N2O4S/c1-3-12-24-19-10-5-4-9-18(19)22(21(24)26)11-13-23(15-22)20(25)16-7-6-8-17(14-16)29(2,27)28/h4-10,14H,3,11-13,15H2,1-2H3. The number of amides is 2. The zero-order valence-electron chi connectivity index (χ0n) is 16.6. The van der Waals surface area contributed by atoms with Crippen LogP contribution in [0.4, 0.5) is 5.69 Å². The molecule has 29 heavy (non-hydrogen) atoms. The number of sulfone groups is 1. The van der Waals surface area contributed by atoms with Gasteiger partial charge in [-0.25, -0.2) is 8.42 Å². The average molecular weight is 413 g/mol. The lowest BCUT2D eigenvalue weighted by atomic mass is 9.81. The van der Waals surface area contributed by atoms with Crippen molar-refractivity contribution in [3.8, 4) is 0 Å². The van der Waals surface area contributed by atoms with Crippen LogP contribution in [0.25, 0.3) is 0 Å². The number of hydrogen-bond donors (Lipinski definition) is 0. The third kappa shape index (κ3) is 3.13. The highest BCUT2D eigenvalue weighted by Crippen LogP contribution is 2.47. The Hall–Kier alpha value is -2.67. The number of nitrogens with zero attached hydrogens (tertiary/aromatic N) is 2. The molecule has 6 nitrogen and oxygen atoms in total. The molecule has 0 saturated carbocycles. The van der Waals surface area contributed by atoms with E-state index in [1.165, 1.54) is 12.1 Å². The van der Waals surface area contributed by atoms with Gasteiger partial charge in [-0.15, -0.1) is 0 Å². The first-order chi connectivity index (χ1) is 13.8. The average Bonchev–Trinajstić information content (AvgIpc) is 3.25. The van der Waals surface area contributed by atoms with Crippen LogP contribution in [-0.2, 0) is 20.0 Å². The molecule has 152 valence electrons. The van der Waals surface area contributed by atoms with Crippen molar-refractivity contribution in [3.63, 3.8) is 0 Å². The molecule has 1 unspecified atom stereocenters. The maximum atomic E-state index is 13.4. The smallest absolute Gasteiger partial charge is 0.253 e. The predicted octanol–water partition coefficient (Wildman–Crippen LogP) is 2.63. The number of anilines is 1. The lowest BCUT2D eigenvalue weighted by Gasteiger charge is -2.24. The lowest BCUT2D eigenvalue weighted by Crippen LogP contribution is -2.43. The van der Waals surface area contributed by atoms with Crippen molar-refractivity contribution in [2.24, 2.45) is 0 Å². The Morgan fingerprint density at radius 1 is 1.14 bits per heavy atom. The first-order valence-electron chi connectivity index (χ1n) is 9.79. The van der Waals surface area contributed by atoms with Crippen LogP contribution >= 0.6 is 0 Å². The summed E-state index contributed by atoms with van der Waals surface area (Å²) in [6.45, 7) is 3.47. The molecule has 4 rings (SSSR count). The zero-order chi connectivity index (χ0) is 20.8. The van der Waals surface area contributed by atoms with Gasteiger partial charge in [-0.3, -0.25) is 9.59 Å². The van der Waals surface area contributed by atoms with Crippen LogP contribution in [-0.4, -0.2) is 51.0 Å². The van der Waals surface area contributed by atoms with Crippen molar-refractivity contribution in [1.29, 1.82) is 0 Å². The number of carbonyl (C=O) groups is 2. The molecule has 2 amide bonds. The molecule has 2 aromatic carbocycles. The Morgan fingerprint density at radius 2 is 1.90 bits per heavy atom. The summed E-state index contributed by atoms with van der Waals surface area (Å²) in [6, 6.07) is 13.9. The molecular weight excluding hydrogens is 388 g/mol. The molecule has 1 fully saturated rings. The van der Waals surface area contributed by atoms with Gasteiger partial charge in [0.2, 0.25) is 5.91 Å². The minimum atomic E-state index is -3.40. The van der Waals surface area contributed by atoms with Gasteiger partial charge in [0.15, 0.2) is 9.84 Å². The van der Waals surface area contributed by atoms with Crippen molar-refractivity contribution < 1.29 is 18.0 Å². The molecule has 7 heteroatoms. The number of rotatable bonds is 4. The number of benzene rings is 2. The molecule has 0 aromatic heterocycles. The van der Waals surface area contributed by atoms with E-state index in [-0.39, 0.29) is 16.7 Å². The number of hydrogen-bond acceptors (Lipinski definition) is 4. The van der Waals surface area contributed by atoms with Crippen molar-refractivity contribution in [2.45, 2.75) is 30.1 Å². The summed E-state index contributed by atoms with van der Waals surface area (Å²) in [6.07, 6.45) is 2.55. The maximum absolute atomic E-state index is 13.4. The Bertz CT molecular complexity index is 1100. The summed E-state index contributed by atoms with van der Waals surface area (Å²) in [5.41, 5.74) is 1.54. The fourth-order valence-electron chi connectivity index (χ4n) is 4.46. The van der Waals surface area contributed by atoms with Gasteiger partial charge in [-0.2, -0.15) is 0 Å². The Morgan fingerprint density at radius 3 is 2.62 bits per heavy atom. The van der Waals surface area contributed by atoms with Gasteiger partial charge < -0.3 is 9.80 Å². The topological polar surface area (TPSA) is 74.8 Å². The molecule has 0 aliphatic carbocycles. The molecule has 2 aliphatic heterocycles. The minimum absolute atomic E-state index is 0.0562. The molecule has 2 aliphatic rings. The highest BCUT2D eigenvalue weighted by atomic mass is 32.2. The molecule has 1 spiro atoms.